The van der Waals surface area contributed by atoms with Crippen molar-refractivity contribution in [3.05, 3.63) is 36.2 Å². The third-order valence-electron chi connectivity index (χ3n) is 6.31. The Morgan fingerprint density at radius 2 is 1.90 bits per heavy atom. The monoisotopic (exact) mass is 439 g/mol. The molecule has 2 N–H and O–H groups in total. The van der Waals surface area contributed by atoms with Crippen molar-refractivity contribution in [2.75, 3.05) is 34.8 Å². The van der Waals surface area contributed by atoms with Crippen LogP contribution >= 0.6 is 12.2 Å². The van der Waals surface area contributed by atoms with Crippen LogP contribution in [0.5, 0.6) is 0 Å². The van der Waals surface area contributed by atoms with Gasteiger partial charge >= 0.3 is 0 Å². The Balaban J connectivity index is 1.51. The van der Waals surface area contributed by atoms with E-state index in [0.717, 1.165) is 42.8 Å². The first kappa shape index (κ1) is 21.7. The summed E-state index contributed by atoms with van der Waals surface area (Å²) >= 11 is 5.52. The van der Waals surface area contributed by atoms with Gasteiger partial charge in [0.1, 0.15) is 11.6 Å². The van der Waals surface area contributed by atoms with Crippen LogP contribution in [0.4, 0.5) is 17.6 Å². The van der Waals surface area contributed by atoms with Gasteiger partial charge < -0.3 is 20.4 Å². The molecule has 4 rings (SSSR count). The van der Waals surface area contributed by atoms with E-state index < -0.39 is 0 Å². The summed E-state index contributed by atoms with van der Waals surface area (Å²) < 4.78 is 0. The summed E-state index contributed by atoms with van der Waals surface area (Å²) in [6, 6.07) is 6.59. The lowest BCUT2D eigenvalue weighted by molar-refractivity contribution is 0.436. The molecular weight excluding hydrogens is 406 g/mol. The van der Waals surface area contributed by atoms with Gasteiger partial charge in [-0.05, 0) is 68.8 Å². The SMILES string of the molecule is CC1CCN(c2cc(N3CCCCC3C)nc(NC(=S)NCc3cccnc3)n2)CC1. The predicted molar refractivity (Wildman–Crippen MR) is 131 cm³/mol. The minimum atomic E-state index is 0.487. The van der Waals surface area contributed by atoms with E-state index in [1.165, 1.54) is 32.1 Å². The fraction of sp³-hybridized carbons (Fsp3) is 0.565. The second kappa shape index (κ2) is 10.2. The first-order chi connectivity index (χ1) is 15.1. The Morgan fingerprint density at radius 1 is 1.10 bits per heavy atom. The average Bonchev–Trinajstić information content (AvgIpc) is 2.79. The Morgan fingerprint density at radius 3 is 2.65 bits per heavy atom. The zero-order valence-electron chi connectivity index (χ0n) is 18.5. The van der Waals surface area contributed by atoms with Crippen molar-refractivity contribution in [1.82, 2.24) is 20.3 Å². The molecule has 8 heteroatoms. The molecule has 2 aliphatic heterocycles. The van der Waals surface area contributed by atoms with Crippen LogP contribution in [-0.2, 0) is 6.54 Å². The summed E-state index contributed by atoms with van der Waals surface area (Å²) in [6.07, 6.45) is 9.70. The number of anilines is 3. The van der Waals surface area contributed by atoms with Gasteiger partial charge in [-0.25, -0.2) is 0 Å². The highest BCUT2D eigenvalue weighted by Gasteiger charge is 2.24. The van der Waals surface area contributed by atoms with Crippen LogP contribution in [-0.4, -0.2) is 45.7 Å². The lowest BCUT2D eigenvalue weighted by Crippen LogP contribution is -2.39. The molecule has 2 aromatic heterocycles. The van der Waals surface area contributed by atoms with Crippen LogP contribution in [0, 0.1) is 5.92 Å². The first-order valence-corrected chi connectivity index (χ1v) is 11.8. The molecule has 2 fully saturated rings. The van der Waals surface area contributed by atoms with Gasteiger partial charge in [0.25, 0.3) is 0 Å². The second-order valence-corrected chi connectivity index (χ2v) is 9.19. The summed E-state index contributed by atoms with van der Waals surface area (Å²) in [4.78, 5) is 18.6. The molecule has 0 aromatic carbocycles. The van der Waals surface area contributed by atoms with Gasteiger partial charge in [-0.2, -0.15) is 9.97 Å². The van der Waals surface area contributed by atoms with Crippen molar-refractivity contribution >= 4 is 34.9 Å². The van der Waals surface area contributed by atoms with Crippen LogP contribution in [0.1, 0.15) is 51.5 Å². The molecule has 166 valence electrons. The zero-order valence-corrected chi connectivity index (χ0v) is 19.4. The smallest absolute Gasteiger partial charge is 0.232 e. The van der Waals surface area contributed by atoms with Gasteiger partial charge in [0.2, 0.25) is 5.95 Å². The van der Waals surface area contributed by atoms with Crippen molar-refractivity contribution in [1.29, 1.82) is 0 Å². The van der Waals surface area contributed by atoms with E-state index in [0.29, 0.717) is 23.6 Å². The highest BCUT2D eigenvalue weighted by Crippen LogP contribution is 2.29. The van der Waals surface area contributed by atoms with E-state index >= 15 is 0 Å². The summed E-state index contributed by atoms with van der Waals surface area (Å²) in [5.74, 6) is 3.33. The minimum absolute atomic E-state index is 0.487. The van der Waals surface area contributed by atoms with Crippen molar-refractivity contribution in [2.24, 2.45) is 5.92 Å². The molecule has 2 aromatic rings. The molecule has 7 nitrogen and oxygen atoms in total. The fourth-order valence-electron chi connectivity index (χ4n) is 4.29. The van der Waals surface area contributed by atoms with Crippen molar-refractivity contribution in [3.8, 4) is 0 Å². The zero-order chi connectivity index (χ0) is 21.6. The van der Waals surface area contributed by atoms with Crippen molar-refractivity contribution in [2.45, 2.75) is 58.5 Å². The van der Waals surface area contributed by atoms with Crippen molar-refractivity contribution in [3.63, 3.8) is 0 Å². The largest absolute Gasteiger partial charge is 0.358 e. The van der Waals surface area contributed by atoms with Crippen molar-refractivity contribution < 1.29 is 0 Å². The highest BCUT2D eigenvalue weighted by molar-refractivity contribution is 7.80. The van der Waals surface area contributed by atoms with Gasteiger partial charge in [0, 0.05) is 50.7 Å². The van der Waals surface area contributed by atoms with Crippen LogP contribution < -0.4 is 20.4 Å². The van der Waals surface area contributed by atoms with Gasteiger partial charge in [-0.15, -0.1) is 0 Å². The van der Waals surface area contributed by atoms with Crippen LogP contribution in [0.25, 0.3) is 0 Å². The standard InChI is InChI=1S/C23H33N7S/c1-17-8-12-29(13-9-17)20-14-21(30-11-4-3-6-18(30)2)27-22(26-20)28-23(31)25-16-19-7-5-10-24-15-19/h5,7,10,14-15,17-18H,3-4,6,8-9,11-13,16H2,1-2H3,(H2,25,26,27,28,31). The summed E-state index contributed by atoms with van der Waals surface area (Å²) in [5, 5.41) is 6.97. The lowest BCUT2D eigenvalue weighted by atomic mass is 9.99. The summed E-state index contributed by atoms with van der Waals surface area (Å²) in [6.45, 7) is 8.35. The average molecular weight is 440 g/mol. The lowest BCUT2D eigenvalue weighted by Gasteiger charge is -2.36. The maximum atomic E-state index is 5.52. The number of piperidine rings is 2. The summed E-state index contributed by atoms with van der Waals surface area (Å²) in [7, 11) is 0. The maximum absolute atomic E-state index is 5.52. The number of pyridine rings is 1. The fourth-order valence-corrected chi connectivity index (χ4v) is 4.46. The molecule has 1 atom stereocenters. The normalized spacial score (nSPS) is 19.9. The van der Waals surface area contributed by atoms with Gasteiger partial charge in [-0.1, -0.05) is 13.0 Å². The summed E-state index contributed by atoms with van der Waals surface area (Å²) in [5.41, 5.74) is 1.08. The molecule has 4 heterocycles. The predicted octanol–water partition coefficient (Wildman–Crippen LogP) is 3.97. The van der Waals surface area contributed by atoms with E-state index in [4.69, 9.17) is 22.2 Å². The van der Waals surface area contributed by atoms with E-state index in [-0.39, 0.29) is 0 Å². The molecule has 31 heavy (non-hydrogen) atoms. The number of hydrogen-bond acceptors (Lipinski definition) is 6. The number of thiocarbonyl (C=S) groups is 1. The first-order valence-electron chi connectivity index (χ1n) is 11.4. The van der Waals surface area contributed by atoms with E-state index in [1.807, 2.05) is 18.3 Å². The molecule has 0 spiro atoms. The second-order valence-electron chi connectivity index (χ2n) is 8.78. The van der Waals surface area contributed by atoms with E-state index in [1.54, 1.807) is 6.20 Å². The molecular formula is C23H33N7S. The number of hydrogen-bond donors (Lipinski definition) is 2. The molecule has 0 amide bonds. The molecule has 2 saturated heterocycles. The molecule has 0 radical (unpaired) electrons. The number of nitrogens with one attached hydrogen (secondary N) is 2. The topological polar surface area (TPSA) is 69.2 Å². The van der Waals surface area contributed by atoms with Crippen LogP contribution in [0.2, 0.25) is 0 Å². The molecule has 1 unspecified atom stereocenters. The molecule has 0 saturated carbocycles. The molecule has 0 bridgehead atoms. The Labute approximate surface area is 190 Å². The number of nitrogens with zero attached hydrogens (tertiary/aromatic N) is 5. The van der Waals surface area contributed by atoms with Gasteiger partial charge in [-0.3, -0.25) is 4.98 Å². The van der Waals surface area contributed by atoms with Crippen LogP contribution in [0.3, 0.4) is 0 Å². The highest BCUT2D eigenvalue weighted by atomic mass is 32.1. The quantitative estimate of drug-likeness (QED) is 0.678. The van der Waals surface area contributed by atoms with Gasteiger partial charge in [0.05, 0.1) is 0 Å². The van der Waals surface area contributed by atoms with E-state index in [2.05, 4.69) is 45.3 Å². The van der Waals surface area contributed by atoms with Gasteiger partial charge in [0.15, 0.2) is 5.11 Å². The maximum Gasteiger partial charge on any atom is 0.232 e. The number of rotatable bonds is 5. The molecule has 0 aliphatic carbocycles. The number of aromatic nitrogens is 3. The molecule has 2 aliphatic rings. The Kier molecular flexibility index (Phi) is 7.17. The minimum Gasteiger partial charge on any atom is -0.358 e. The Bertz CT molecular complexity index is 867. The third kappa shape index (κ3) is 5.81. The van der Waals surface area contributed by atoms with Crippen LogP contribution in [0.15, 0.2) is 30.6 Å². The van der Waals surface area contributed by atoms with E-state index in [9.17, 15) is 0 Å². The Hall–Kier alpha value is -2.48. The third-order valence-corrected chi connectivity index (χ3v) is 6.55.